The molecule has 0 fully saturated rings. The molecule has 1 unspecified atom stereocenters. The molecule has 0 spiro atoms. The van der Waals surface area contributed by atoms with Crippen molar-refractivity contribution in [2.24, 2.45) is 0 Å². The van der Waals surface area contributed by atoms with E-state index in [1.54, 1.807) is 0 Å². The number of hydrogen-bond acceptors (Lipinski definition) is 5. The van der Waals surface area contributed by atoms with Gasteiger partial charge in [-0.15, -0.1) is 5.10 Å². The molecular weight excluding hydrogens is 438 g/mol. The first-order chi connectivity index (χ1) is 13.6. The summed E-state index contributed by atoms with van der Waals surface area (Å²) in [4.78, 5) is 17.9. The second-order valence-corrected chi connectivity index (χ2v) is 8.42. The van der Waals surface area contributed by atoms with Gasteiger partial charge in [-0.1, -0.05) is 57.6 Å². The van der Waals surface area contributed by atoms with Crippen molar-refractivity contribution in [1.29, 1.82) is 0 Å². The third-order valence-electron chi connectivity index (χ3n) is 4.60. The summed E-state index contributed by atoms with van der Waals surface area (Å²) in [6.45, 7) is 1.98. The molecule has 1 atom stereocenters. The number of nitrogens with zero attached hydrogens (tertiary/aromatic N) is 3. The summed E-state index contributed by atoms with van der Waals surface area (Å²) in [5.74, 6) is 1.40. The van der Waals surface area contributed by atoms with Gasteiger partial charge in [0.25, 0.3) is 5.56 Å². The van der Waals surface area contributed by atoms with E-state index in [0.29, 0.717) is 15.3 Å². The first kappa shape index (κ1) is 17.3. The van der Waals surface area contributed by atoms with Crippen molar-refractivity contribution in [2.45, 2.75) is 13.0 Å². The van der Waals surface area contributed by atoms with Gasteiger partial charge in [0.1, 0.15) is 11.9 Å². The molecule has 0 bridgehead atoms. The van der Waals surface area contributed by atoms with Gasteiger partial charge in [0.2, 0.25) is 4.96 Å². The Morgan fingerprint density at radius 3 is 2.75 bits per heavy atom. The van der Waals surface area contributed by atoms with Crippen LogP contribution in [0.5, 0.6) is 5.75 Å². The normalized spacial score (nSPS) is 16.7. The maximum absolute atomic E-state index is 12.8. The Kier molecular flexibility index (Phi) is 4.14. The molecule has 2 aromatic heterocycles. The van der Waals surface area contributed by atoms with Crippen molar-refractivity contribution in [1.82, 2.24) is 14.6 Å². The highest BCUT2D eigenvalue weighted by atomic mass is 79.9. The minimum absolute atomic E-state index is 0.130. The molecule has 4 aromatic rings. The largest absolute Gasteiger partial charge is 0.485 e. The zero-order valence-corrected chi connectivity index (χ0v) is 17.2. The van der Waals surface area contributed by atoms with Crippen LogP contribution in [0.1, 0.15) is 12.5 Å². The molecular formula is C21H14BrN3O2S. The van der Waals surface area contributed by atoms with Crippen LogP contribution in [0.15, 0.2) is 63.4 Å². The lowest BCUT2D eigenvalue weighted by Gasteiger charge is -2.22. The number of halogens is 1. The molecule has 5 rings (SSSR count). The summed E-state index contributed by atoms with van der Waals surface area (Å²) in [5.41, 5.74) is 2.67. The lowest BCUT2D eigenvalue weighted by atomic mass is 10.0. The van der Waals surface area contributed by atoms with Gasteiger partial charge in [-0.2, -0.15) is 9.50 Å². The molecule has 0 amide bonds. The van der Waals surface area contributed by atoms with Crippen molar-refractivity contribution in [3.8, 4) is 17.1 Å². The number of rotatable bonds is 2. The molecule has 5 nitrogen and oxygen atoms in total. The molecule has 0 N–H and O–H groups in total. The summed E-state index contributed by atoms with van der Waals surface area (Å²) < 4.78 is 8.91. The lowest BCUT2D eigenvalue weighted by molar-refractivity contribution is 0.259. The Morgan fingerprint density at radius 2 is 1.96 bits per heavy atom. The van der Waals surface area contributed by atoms with Crippen LogP contribution in [-0.2, 0) is 0 Å². The zero-order valence-electron chi connectivity index (χ0n) is 14.8. The minimum atomic E-state index is -0.164. The van der Waals surface area contributed by atoms with Crippen LogP contribution in [0, 0.1) is 0 Å². The number of hydrogen-bond donors (Lipinski definition) is 0. The highest BCUT2D eigenvalue weighted by Gasteiger charge is 2.18. The predicted molar refractivity (Wildman–Crippen MR) is 114 cm³/mol. The summed E-state index contributed by atoms with van der Waals surface area (Å²) in [6, 6.07) is 15.6. The van der Waals surface area contributed by atoms with Gasteiger partial charge in [0.15, 0.2) is 5.82 Å². The Labute approximate surface area is 172 Å². The summed E-state index contributed by atoms with van der Waals surface area (Å²) in [6.07, 6.45) is 3.81. The number of thiazole rings is 1. The zero-order chi connectivity index (χ0) is 19.3. The monoisotopic (exact) mass is 451 g/mol. The molecule has 138 valence electrons. The van der Waals surface area contributed by atoms with Gasteiger partial charge in [-0.05, 0) is 42.8 Å². The van der Waals surface area contributed by atoms with Crippen LogP contribution in [0.25, 0.3) is 28.5 Å². The smallest absolute Gasteiger partial charge is 0.291 e. The van der Waals surface area contributed by atoms with Crippen LogP contribution < -0.4 is 14.8 Å². The van der Waals surface area contributed by atoms with E-state index in [0.717, 1.165) is 26.9 Å². The van der Waals surface area contributed by atoms with E-state index in [4.69, 9.17) is 4.74 Å². The minimum Gasteiger partial charge on any atom is -0.485 e. The van der Waals surface area contributed by atoms with E-state index in [-0.39, 0.29) is 11.7 Å². The van der Waals surface area contributed by atoms with Crippen LogP contribution >= 0.6 is 27.3 Å². The average molecular weight is 452 g/mol. The van der Waals surface area contributed by atoms with E-state index in [1.807, 2.05) is 61.5 Å². The first-order valence-corrected chi connectivity index (χ1v) is 10.3. The second-order valence-electron chi connectivity index (χ2n) is 6.49. The van der Waals surface area contributed by atoms with Crippen LogP contribution in [-0.4, -0.2) is 20.7 Å². The van der Waals surface area contributed by atoms with Gasteiger partial charge in [0, 0.05) is 15.6 Å². The quantitative estimate of drug-likeness (QED) is 0.463. The number of ether oxygens (including phenoxy) is 1. The third-order valence-corrected chi connectivity index (χ3v) is 6.08. The summed E-state index contributed by atoms with van der Waals surface area (Å²) in [5, 5.41) is 4.40. The fourth-order valence-electron chi connectivity index (χ4n) is 3.13. The molecule has 28 heavy (non-hydrogen) atoms. The standard InChI is InChI=1S/C21H14BrN3O2S/c1-12-15(10-14-4-2-3-5-17(14)27-12)11-18-20(26)25-21(28-18)23-19(24-25)13-6-8-16(22)9-7-13/h2-12H,1H3/b18-11-. The number of aromatic nitrogens is 3. The average Bonchev–Trinajstić information content (AvgIpc) is 3.23. The number of fused-ring (bicyclic) bond motifs is 2. The predicted octanol–water partition coefficient (Wildman–Crippen LogP) is 3.94. The van der Waals surface area contributed by atoms with Gasteiger partial charge in [-0.3, -0.25) is 4.79 Å². The fraction of sp³-hybridized carbons (Fsp3) is 0.0952. The van der Waals surface area contributed by atoms with Gasteiger partial charge in [0.05, 0.1) is 4.53 Å². The fourth-order valence-corrected chi connectivity index (χ4v) is 4.30. The number of para-hydroxylation sites is 1. The van der Waals surface area contributed by atoms with Gasteiger partial charge >= 0.3 is 0 Å². The SMILES string of the molecule is CC1Oc2ccccc2C=C1/C=c1\sc2nc(-c3ccc(Br)cc3)nn2c1=O. The van der Waals surface area contributed by atoms with E-state index in [2.05, 4.69) is 32.1 Å². The Bertz CT molecular complexity index is 1340. The molecule has 1 aliphatic rings. The van der Waals surface area contributed by atoms with E-state index < -0.39 is 0 Å². The highest BCUT2D eigenvalue weighted by Crippen LogP contribution is 2.29. The Balaban J connectivity index is 1.58. The van der Waals surface area contributed by atoms with Crippen molar-refractivity contribution < 1.29 is 4.74 Å². The van der Waals surface area contributed by atoms with E-state index >= 15 is 0 Å². The van der Waals surface area contributed by atoms with Crippen molar-refractivity contribution in [2.75, 3.05) is 0 Å². The van der Waals surface area contributed by atoms with Crippen molar-refractivity contribution in [3.05, 3.63) is 79.0 Å². The topological polar surface area (TPSA) is 56.5 Å². The van der Waals surface area contributed by atoms with Crippen molar-refractivity contribution in [3.63, 3.8) is 0 Å². The van der Waals surface area contributed by atoms with Crippen LogP contribution in [0.3, 0.4) is 0 Å². The van der Waals surface area contributed by atoms with E-state index in [1.165, 1.54) is 15.9 Å². The summed E-state index contributed by atoms with van der Waals surface area (Å²) >= 11 is 4.75. The maximum Gasteiger partial charge on any atom is 0.291 e. The van der Waals surface area contributed by atoms with Crippen LogP contribution in [0.4, 0.5) is 0 Å². The maximum atomic E-state index is 12.8. The van der Waals surface area contributed by atoms with Gasteiger partial charge < -0.3 is 4.74 Å². The summed E-state index contributed by atoms with van der Waals surface area (Å²) in [7, 11) is 0. The third kappa shape index (κ3) is 2.96. The molecule has 0 radical (unpaired) electrons. The molecule has 7 heteroatoms. The molecule has 0 saturated heterocycles. The second kappa shape index (κ2) is 6.68. The van der Waals surface area contributed by atoms with Crippen molar-refractivity contribution >= 4 is 44.4 Å². The number of benzene rings is 2. The highest BCUT2D eigenvalue weighted by molar-refractivity contribution is 9.10. The molecule has 0 saturated carbocycles. The van der Waals surface area contributed by atoms with Crippen LogP contribution in [0.2, 0.25) is 0 Å². The molecule has 2 aromatic carbocycles. The Hall–Kier alpha value is -2.77. The van der Waals surface area contributed by atoms with Gasteiger partial charge in [-0.25, -0.2) is 0 Å². The molecule has 3 heterocycles. The lowest BCUT2D eigenvalue weighted by Crippen LogP contribution is -2.26. The first-order valence-electron chi connectivity index (χ1n) is 8.73. The molecule has 1 aliphatic heterocycles. The Morgan fingerprint density at radius 1 is 1.18 bits per heavy atom. The van der Waals surface area contributed by atoms with E-state index in [9.17, 15) is 4.79 Å². The molecule has 0 aliphatic carbocycles.